The minimum Gasteiger partial charge on any atom is -0.453 e. The number of allylic oxidation sites excluding steroid dienone is 2. The van der Waals surface area contributed by atoms with Crippen LogP contribution in [0.15, 0.2) is 85.0 Å². The summed E-state index contributed by atoms with van der Waals surface area (Å²) in [5, 5.41) is 0. The maximum atomic E-state index is 13.1. The Labute approximate surface area is 248 Å². The molecule has 2 aliphatic heterocycles. The molecule has 0 unspecified atom stereocenters. The van der Waals surface area contributed by atoms with Gasteiger partial charge in [-0.2, -0.15) is 0 Å². The molecule has 42 heavy (non-hydrogen) atoms. The third-order valence-corrected chi connectivity index (χ3v) is 7.69. The topological polar surface area (TPSA) is 89.5 Å². The predicted octanol–water partition coefficient (Wildman–Crippen LogP) is 5.83. The molecule has 2 aromatic carbocycles. The monoisotopic (exact) mass is 578 g/mol. The molecule has 8 nitrogen and oxygen atoms in total. The van der Waals surface area contributed by atoms with Gasteiger partial charge in [-0.1, -0.05) is 72.8 Å². The molecule has 2 aliphatic rings. The minimum absolute atomic E-state index is 0.156. The van der Waals surface area contributed by atoms with Crippen LogP contribution in [0.1, 0.15) is 62.9 Å². The fourth-order valence-corrected chi connectivity index (χ4v) is 5.65. The number of esters is 2. The van der Waals surface area contributed by atoms with Gasteiger partial charge in [-0.3, -0.25) is 0 Å². The lowest BCUT2D eigenvalue weighted by Gasteiger charge is -2.27. The molecule has 0 spiro atoms. The Morgan fingerprint density at radius 2 is 1.05 bits per heavy atom. The molecule has 8 heteroatoms. The van der Waals surface area contributed by atoms with Crippen molar-refractivity contribution in [1.82, 2.24) is 0 Å². The Morgan fingerprint density at radius 3 is 1.38 bits per heavy atom. The van der Waals surface area contributed by atoms with Crippen molar-refractivity contribution in [2.75, 3.05) is 14.2 Å². The summed E-state index contributed by atoms with van der Waals surface area (Å²) in [6.07, 6.45) is 6.76. The summed E-state index contributed by atoms with van der Waals surface area (Å²) < 4.78 is 35.6. The van der Waals surface area contributed by atoms with Crippen molar-refractivity contribution in [3.63, 3.8) is 0 Å². The Hall–Kier alpha value is -3.30. The molecule has 0 radical (unpaired) electrons. The Bertz CT molecular complexity index is 1090. The van der Waals surface area contributed by atoms with Gasteiger partial charge < -0.3 is 28.4 Å². The molecule has 0 saturated carbocycles. The molecule has 0 bridgehead atoms. The molecule has 226 valence electrons. The van der Waals surface area contributed by atoms with Gasteiger partial charge in [0.1, 0.15) is 12.2 Å². The lowest BCUT2D eigenvalue weighted by molar-refractivity contribution is -0.171. The van der Waals surface area contributed by atoms with Crippen molar-refractivity contribution in [1.29, 1.82) is 0 Å². The van der Waals surface area contributed by atoms with Crippen LogP contribution in [-0.4, -0.2) is 62.8 Å². The number of benzene rings is 2. The van der Waals surface area contributed by atoms with E-state index in [4.69, 9.17) is 28.4 Å². The molecule has 2 aromatic rings. The van der Waals surface area contributed by atoms with Crippen LogP contribution in [0.3, 0.4) is 0 Å². The first-order valence-corrected chi connectivity index (χ1v) is 14.6. The van der Waals surface area contributed by atoms with Crippen LogP contribution >= 0.6 is 0 Å². The first-order valence-electron chi connectivity index (χ1n) is 14.6. The third kappa shape index (κ3) is 7.95. The van der Waals surface area contributed by atoms with Gasteiger partial charge in [0.15, 0.2) is 12.2 Å². The van der Waals surface area contributed by atoms with Gasteiger partial charge in [-0.25, -0.2) is 9.59 Å². The number of ether oxygens (including phenoxy) is 6. The number of carbonyl (C=O) groups is 2. The van der Waals surface area contributed by atoms with Gasteiger partial charge in [-0.15, -0.1) is 0 Å². The Balaban J connectivity index is 1.35. The maximum Gasteiger partial charge on any atom is 0.340 e. The van der Waals surface area contributed by atoms with E-state index >= 15 is 0 Å². The Morgan fingerprint density at radius 1 is 0.667 bits per heavy atom. The highest BCUT2D eigenvalue weighted by Gasteiger charge is 2.43. The van der Waals surface area contributed by atoms with E-state index in [1.165, 1.54) is 14.2 Å². The molecule has 0 aromatic heterocycles. The third-order valence-electron chi connectivity index (χ3n) is 7.69. The van der Waals surface area contributed by atoms with Crippen LogP contribution in [0.4, 0.5) is 0 Å². The summed E-state index contributed by atoms with van der Waals surface area (Å²) in [5.74, 6) is -0.922. The van der Waals surface area contributed by atoms with E-state index in [2.05, 4.69) is 0 Å². The van der Waals surface area contributed by atoms with Gasteiger partial charge in [0.2, 0.25) is 0 Å². The number of rotatable bonds is 13. The molecule has 4 rings (SSSR count). The second-order valence-corrected chi connectivity index (χ2v) is 10.5. The highest BCUT2D eigenvalue weighted by atomic mass is 16.6. The second-order valence-electron chi connectivity index (χ2n) is 10.5. The van der Waals surface area contributed by atoms with Gasteiger partial charge in [0, 0.05) is 14.2 Å². The fraction of sp³-hybridized carbons (Fsp3) is 0.471. The summed E-state index contributed by atoms with van der Waals surface area (Å²) in [5.41, 5.74) is 1.47. The summed E-state index contributed by atoms with van der Waals surface area (Å²) in [7, 11) is 2.99. The van der Waals surface area contributed by atoms with E-state index < -0.39 is 36.4 Å². The zero-order valence-electron chi connectivity index (χ0n) is 24.8. The van der Waals surface area contributed by atoms with Crippen LogP contribution in [0.25, 0.3) is 0 Å². The number of hydrogen-bond acceptors (Lipinski definition) is 8. The normalized spacial score (nSPS) is 25.3. The summed E-state index contributed by atoms with van der Waals surface area (Å²) in [6.45, 7) is 3.77. The largest absolute Gasteiger partial charge is 0.453 e. The zero-order valence-corrected chi connectivity index (χ0v) is 24.8. The predicted molar refractivity (Wildman–Crippen MR) is 158 cm³/mol. The molecule has 0 N–H and O–H groups in total. The Kier molecular flexibility index (Phi) is 11.9. The summed E-state index contributed by atoms with van der Waals surface area (Å²) >= 11 is 0. The summed E-state index contributed by atoms with van der Waals surface area (Å²) in [6, 6.07) is 18.6. The van der Waals surface area contributed by atoms with Crippen LogP contribution in [0, 0.1) is 0 Å². The fourth-order valence-electron chi connectivity index (χ4n) is 5.65. The first kappa shape index (κ1) is 31.6. The second kappa shape index (κ2) is 15.8. The lowest BCUT2D eigenvalue weighted by Crippen LogP contribution is -2.36. The van der Waals surface area contributed by atoms with Gasteiger partial charge >= 0.3 is 11.9 Å². The molecular weight excluding hydrogens is 536 g/mol. The highest BCUT2D eigenvalue weighted by molar-refractivity contribution is 5.77. The molecule has 0 aliphatic carbocycles. The SMILES string of the molecule is C/C=C/[C@@H](OC(=O)[C@@H](OC)c1ccccc1)[C@@H]1CC[C@H]([C@H]2CC[C@@H]([C@@H](/C=C/C)OC(=O)[C@@H](OC)c3ccccc3)O2)O1. The van der Waals surface area contributed by atoms with Gasteiger partial charge in [0.05, 0.1) is 24.4 Å². The van der Waals surface area contributed by atoms with E-state index in [9.17, 15) is 9.59 Å². The smallest absolute Gasteiger partial charge is 0.340 e. The maximum absolute atomic E-state index is 13.1. The molecule has 2 heterocycles. The molecule has 2 saturated heterocycles. The van der Waals surface area contributed by atoms with Crippen LogP contribution in [0.5, 0.6) is 0 Å². The van der Waals surface area contributed by atoms with Crippen molar-refractivity contribution in [2.24, 2.45) is 0 Å². The van der Waals surface area contributed by atoms with Crippen LogP contribution in [0.2, 0.25) is 0 Å². The van der Waals surface area contributed by atoms with Crippen LogP contribution in [-0.2, 0) is 38.0 Å². The standard InChI is InChI=1S/C34H42O8/c1-5-13-25(41-33(35)31(37-3)23-15-9-7-10-16-23)27-19-21-29(39-27)30-22-20-28(40-30)26(14-6-2)42-34(36)32(38-4)24-17-11-8-12-18-24/h5-18,25-32H,19-22H2,1-4H3/b13-5+,14-6+/t25-,26-,27+,28+,29-,30-,31+,32+/m1/s1. The van der Waals surface area contributed by atoms with E-state index in [1.807, 2.05) is 98.8 Å². The first-order chi connectivity index (χ1) is 20.5. The van der Waals surface area contributed by atoms with E-state index in [-0.39, 0.29) is 24.4 Å². The van der Waals surface area contributed by atoms with Crippen molar-refractivity contribution < 1.29 is 38.0 Å². The van der Waals surface area contributed by atoms with Crippen molar-refractivity contribution in [3.05, 3.63) is 96.1 Å². The van der Waals surface area contributed by atoms with Crippen LogP contribution < -0.4 is 0 Å². The molecule has 0 amide bonds. The number of carbonyl (C=O) groups excluding carboxylic acids is 2. The van der Waals surface area contributed by atoms with E-state index in [0.29, 0.717) is 0 Å². The van der Waals surface area contributed by atoms with Gasteiger partial charge in [0.25, 0.3) is 0 Å². The molecule has 8 atom stereocenters. The van der Waals surface area contributed by atoms with E-state index in [1.54, 1.807) is 0 Å². The quantitative estimate of drug-likeness (QED) is 0.217. The minimum atomic E-state index is -0.819. The van der Waals surface area contributed by atoms with Gasteiger partial charge in [-0.05, 0) is 62.8 Å². The van der Waals surface area contributed by atoms with Crippen molar-refractivity contribution >= 4 is 11.9 Å². The number of methoxy groups -OCH3 is 2. The highest BCUT2D eigenvalue weighted by Crippen LogP contribution is 2.35. The summed E-state index contributed by atoms with van der Waals surface area (Å²) in [4.78, 5) is 26.1. The zero-order chi connectivity index (χ0) is 29.9. The average molecular weight is 579 g/mol. The van der Waals surface area contributed by atoms with Crippen molar-refractivity contribution in [2.45, 2.75) is 88.4 Å². The van der Waals surface area contributed by atoms with Crippen molar-refractivity contribution in [3.8, 4) is 0 Å². The number of hydrogen-bond donors (Lipinski definition) is 0. The molecule has 2 fully saturated rings. The van der Waals surface area contributed by atoms with E-state index in [0.717, 1.165) is 36.8 Å². The molecular formula is C34H42O8. The average Bonchev–Trinajstić information content (AvgIpc) is 3.69. The lowest BCUT2D eigenvalue weighted by atomic mass is 10.0.